The van der Waals surface area contributed by atoms with Gasteiger partial charge < -0.3 is 15.4 Å². The Morgan fingerprint density at radius 1 is 1.57 bits per heavy atom. The van der Waals surface area contributed by atoms with Crippen LogP contribution in [0.25, 0.3) is 0 Å². The molecule has 1 amide bonds. The summed E-state index contributed by atoms with van der Waals surface area (Å²) in [5.41, 5.74) is 5.82. The van der Waals surface area contributed by atoms with E-state index in [1.165, 1.54) is 0 Å². The van der Waals surface area contributed by atoms with E-state index in [0.717, 1.165) is 25.9 Å². The summed E-state index contributed by atoms with van der Waals surface area (Å²) in [5.74, 6) is 0.664. The monoisotopic (exact) mass is 200 g/mol. The highest BCUT2D eigenvalue weighted by molar-refractivity contribution is 5.77. The topological polar surface area (TPSA) is 55.6 Å². The quantitative estimate of drug-likeness (QED) is 0.709. The van der Waals surface area contributed by atoms with Crippen LogP contribution in [-0.4, -0.2) is 43.7 Å². The molecule has 4 heteroatoms. The van der Waals surface area contributed by atoms with E-state index in [2.05, 4.69) is 0 Å². The van der Waals surface area contributed by atoms with Crippen molar-refractivity contribution in [3.63, 3.8) is 0 Å². The number of amides is 1. The molecule has 1 fully saturated rings. The lowest BCUT2D eigenvalue weighted by molar-refractivity contribution is -0.136. The fourth-order valence-electron chi connectivity index (χ4n) is 1.89. The van der Waals surface area contributed by atoms with Crippen molar-refractivity contribution < 1.29 is 9.53 Å². The third-order valence-corrected chi connectivity index (χ3v) is 2.90. The van der Waals surface area contributed by atoms with Gasteiger partial charge in [0.2, 0.25) is 5.91 Å². The highest BCUT2D eigenvalue weighted by Crippen LogP contribution is 2.19. The van der Waals surface area contributed by atoms with Gasteiger partial charge in [-0.2, -0.15) is 0 Å². The SMILES string of the molecule is COCC(=O)N1CCC(C(C)N)CC1. The van der Waals surface area contributed by atoms with Crippen molar-refractivity contribution in [3.05, 3.63) is 0 Å². The molecule has 0 aromatic carbocycles. The van der Waals surface area contributed by atoms with E-state index in [9.17, 15) is 4.79 Å². The maximum atomic E-state index is 11.4. The summed E-state index contributed by atoms with van der Waals surface area (Å²) in [7, 11) is 1.55. The van der Waals surface area contributed by atoms with E-state index in [1.54, 1.807) is 7.11 Å². The van der Waals surface area contributed by atoms with E-state index < -0.39 is 0 Å². The Balaban J connectivity index is 2.31. The van der Waals surface area contributed by atoms with Crippen molar-refractivity contribution in [2.75, 3.05) is 26.8 Å². The molecule has 0 aliphatic carbocycles. The maximum Gasteiger partial charge on any atom is 0.248 e. The number of ether oxygens (including phenoxy) is 1. The van der Waals surface area contributed by atoms with Crippen LogP contribution in [0.5, 0.6) is 0 Å². The van der Waals surface area contributed by atoms with E-state index >= 15 is 0 Å². The normalized spacial score (nSPS) is 20.9. The van der Waals surface area contributed by atoms with Gasteiger partial charge >= 0.3 is 0 Å². The van der Waals surface area contributed by atoms with Crippen LogP contribution >= 0.6 is 0 Å². The molecule has 0 radical (unpaired) electrons. The second-order valence-corrected chi connectivity index (χ2v) is 4.01. The molecule has 1 aliphatic rings. The largest absolute Gasteiger partial charge is 0.375 e. The number of hydrogen-bond acceptors (Lipinski definition) is 3. The summed E-state index contributed by atoms with van der Waals surface area (Å²) in [6, 6.07) is 0.245. The van der Waals surface area contributed by atoms with Gasteiger partial charge in [0, 0.05) is 26.2 Å². The second-order valence-electron chi connectivity index (χ2n) is 4.01. The number of nitrogens with zero attached hydrogens (tertiary/aromatic N) is 1. The average molecular weight is 200 g/mol. The molecule has 0 spiro atoms. The summed E-state index contributed by atoms with van der Waals surface area (Å²) < 4.78 is 4.82. The molecule has 1 rings (SSSR count). The maximum absolute atomic E-state index is 11.4. The molecule has 1 atom stereocenters. The molecule has 0 saturated carbocycles. The summed E-state index contributed by atoms with van der Waals surface area (Å²) in [4.78, 5) is 13.3. The minimum absolute atomic E-state index is 0.0932. The number of rotatable bonds is 3. The molecule has 0 aromatic rings. The van der Waals surface area contributed by atoms with Crippen LogP contribution in [0.3, 0.4) is 0 Å². The van der Waals surface area contributed by atoms with E-state index in [0.29, 0.717) is 5.92 Å². The molecule has 0 aromatic heterocycles. The lowest BCUT2D eigenvalue weighted by Crippen LogP contribution is -2.43. The van der Waals surface area contributed by atoms with Crippen molar-refractivity contribution in [2.45, 2.75) is 25.8 Å². The zero-order valence-corrected chi connectivity index (χ0v) is 9.03. The Hall–Kier alpha value is -0.610. The van der Waals surface area contributed by atoms with Gasteiger partial charge in [0.05, 0.1) is 0 Å². The molecule has 1 unspecified atom stereocenters. The minimum atomic E-state index is 0.0932. The number of methoxy groups -OCH3 is 1. The minimum Gasteiger partial charge on any atom is -0.375 e. The fourth-order valence-corrected chi connectivity index (χ4v) is 1.89. The molecule has 1 aliphatic heterocycles. The van der Waals surface area contributed by atoms with Crippen LogP contribution in [-0.2, 0) is 9.53 Å². The smallest absolute Gasteiger partial charge is 0.248 e. The van der Waals surface area contributed by atoms with Crippen molar-refractivity contribution in [2.24, 2.45) is 11.7 Å². The lowest BCUT2D eigenvalue weighted by Gasteiger charge is -2.33. The zero-order chi connectivity index (χ0) is 10.6. The van der Waals surface area contributed by atoms with E-state index in [4.69, 9.17) is 10.5 Å². The van der Waals surface area contributed by atoms with Crippen LogP contribution in [0.15, 0.2) is 0 Å². The molecule has 1 saturated heterocycles. The molecule has 1 heterocycles. The Kier molecular flexibility index (Phi) is 4.35. The number of hydrogen-bond donors (Lipinski definition) is 1. The van der Waals surface area contributed by atoms with E-state index in [1.807, 2.05) is 11.8 Å². The van der Waals surface area contributed by atoms with Gasteiger partial charge in [0.1, 0.15) is 6.61 Å². The van der Waals surface area contributed by atoms with Crippen molar-refractivity contribution >= 4 is 5.91 Å². The molecule has 4 nitrogen and oxygen atoms in total. The molecule has 2 N–H and O–H groups in total. The number of likely N-dealkylation sites (tertiary alicyclic amines) is 1. The Bertz CT molecular complexity index is 187. The predicted octanol–water partition coefficient (Wildman–Crippen LogP) is 0.219. The van der Waals surface area contributed by atoms with Gasteiger partial charge in [-0.15, -0.1) is 0 Å². The highest BCUT2D eigenvalue weighted by atomic mass is 16.5. The number of piperidine rings is 1. The van der Waals surface area contributed by atoms with Crippen LogP contribution < -0.4 is 5.73 Å². The third-order valence-electron chi connectivity index (χ3n) is 2.90. The van der Waals surface area contributed by atoms with Gasteiger partial charge in [0.25, 0.3) is 0 Å². The van der Waals surface area contributed by atoms with Gasteiger partial charge in [-0.25, -0.2) is 0 Å². The summed E-state index contributed by atoms with van der Waals surface area (Å²) >= 11 is 0. The number of carbonyl (C=O) groups is 1. The van der Waals surface area contributed by atoms with Crippen molar-refractivity contribution in [1.29, 1.82) is 0 Å². The number of nitrogens with two attached hydrogens (primary N) is 1. The predicted molar refractivity (Wildman–Crippen MR) is 54.8 cm³/mol. The van der Waals surface area contributed by atoms with Crippen molar-refractivity contribution in [3.8, 4) is 0 Å². The first kappa shape index (κ1) is 11.5. The highest BCUT2D eigenvalue weighted by Gasteiger charge is 2.24. The van der Waals surface area contributed by atoms with Gasteiger partial charge in [-0.05, 0) is 25.7 Å². The standard InChI is InChI=1S/C10H20N2O2/c1-8(11)9-3-5-12(6-4-9)10(13)7-14-2/h8-9H,3-7,11H2,1-2H3. The van der Waals surface area contributed by atoms with Crippen LogP contribution in [0.2, 0.25) is 0 Å². The Morgan fingerprint density at radius 3 is 2.57 bits per heavy atom. The summed E-state index contributed by atoms with van der Waals surface area (Å²) in [6.45, 7) is 3.89. The molecular weight excluding hydrogens is 180 g/mol. The van der Waals surface area contributed by atoms with Crippen LogP contribution in [0, 0.1) is 5.92 Å². The van der Waals surface area contributed by atoms with Gasteiger partial charge in [-0.3, -0.25) is 4.79 Å². The first-order valence-electron chi connectivity index (χ1n) is 5.17. The third kappa shape index (κ3) is 2.96. The Morgan fingerprint density at radius 2 is 2.14 bits per heavy atom. The summed E-state index contributed by atoms with van der Waals surface area (Å²) in [5, 5.41) is 0. The van der Waals surface area contributed by atoms with Crippen molar-refractivity contribution in [1.82, 2.24) is 4.90 Å². The number of carbonyl (C=O) groups excluding carboxylic acids is 1. The van der Waals surface area contributed by atoms with Gasteiger partial charge in [-0.1, -0.05) is 0 Å². The molecule has 82 valence electrons. The first-order valence-corrected chi connectivity index (χ1v) is 5.17. The van der Waals surface area contributed by atoms with Gasteiger partial charge in [0.15, 0.2) is 0 Å². The fraction of sp³-hybridized carbons (Fsp3) is 0.900. The van der Waals surface area contributed by atoms with Crippen LogP contribution in [0.4, 0.5) is 0 Å². The average Bonchev–Trinajstić information content (AvgIpc) is 2.18. The summed E-state index contributed by atoms with van der Waals surface area (Å²) in [6.07, 6.45) is 2.04. The van der Waals surface area contributed by atoms with E-state index in [-0.39, 0.29) is 18.6 Å². The zero-order valence-electron chi connectivity index (χ0n) is 9.03. The molecule has 0 bridgehead atoms. The van der Waals surface area contributed by atoms with Crippen LogP contribution in [0.1, 0.15) is 19.8 Å². The Labute approximate surface area is 85.4 Å². The molecular formula is C10H20N2O2. The second kappa shape index (κ2) is 5.32. The molecule has 14 heavy (non-hydrogen) atoms. The lowest BCUT2D eigenvalue weighted by atomic mass is 9.91. The first-order chi connectivity index (χ1) is 6.65.